The third-order valence-corrected chi connectivity index (χ3v) is 3.67. The number of likely N-dealkylation sites (tertiary alicyclic amines) is 1. The largest absolute Gasteiger partial charge is 0.397 e. The third-order valence-electron chi connectivity index (χ3n) is 3.67. The molecule has 1 aliphatic heterocycles. The van der Waals surface area contributed by atoms with Gasteiger partial charge in [0.05, 0.1) is 6.61 Å². The van der Waals surface area contributed by atoms with Crippen LogP contribution in [0.25, 0.3) is 0 Å². The summed E-state index contributed by atoms with van der Waals surface area (Å²) in [5.74, 6) is -0.0831. The summed E-state index contributed by atoms with van der Waals surface area (Å²) in [5, 5.41) is 9.18. The number of nitrogen functional groups attached to an aromatic ring is 1. The van der Waals surface area contributed by atoms with Gasteiger partial charge in [-0.05, 0) is 39.0 Å². The van der Waals surface area contributed by atoms with E-state index in [1.165, 1.54) is 0 Å². The van der Waals surface area contributed by atoms with Crippen LogP contribution in [0.1, 0.15) is 23.3 Å². The Bertz CT molecular complexity index is 424. The normalized spacial score (nSPS) is 17.6. The molecule has 6 heteroatoms. The van der Waals surface area contributed by atoms with Gasteiger partial charge in [0.25, 0.3) is 5.91 Å². The molecule has 1 amide bonds. The van der Waals surface area contributed by atoms with Crippen molar-refractivity contribution in [3.05, 3.63) is 18.0 Å². The Balaban J connectivity index is 2.08. The number of nitrogens with two attached hydrogens (primary N) is 1. The number of carbonyl (C=O) groups excluding carboxylic acids is 1. The van der Waals surface area contributed by atoms with E-state index in [4.69, 9.17) is 5.73 Å². The molecule has 0 bridgehead atoms. The van der Waals surface area contributed by atoms with Gasteiger partial charge in [0.2, 0.25) is 0 Å². The van der Waals surface area contributed by atoms with E-state index in [2.05, 4.69) is 16.9 Å². The van der Waals surface area contributed by atoms with Gasteiger partial charge < -0.3 is 25.6 Å². The molecule has 0 atom stereocenters. The standard InChI is InChI=1S/C13H22N4O2/c1-16-4-2-11(3-5-16)17(6-7-18)13(19)12-8-10(14)9-15-12/h8-9,11,15,18H,2-7,14H2,1H3. The number of nitrogens with zero attached hydrogens (tertiary/aromatic N) is 2. The summed E-state index contributed by atoms with van der Waals surface area (Å²) in [6.07, 6.45) is 3.50. The number of aliphatic hydroxyl groups excluding tert-OH is 1. The Labute approximate surface area is 113 Å². The van der Waals surface area contributed by atoms with E-state index in [1.54, 1.807) is 17.2 Å². The zero-order valence-corrected chi connectivity index (χ0v) is 11.3. The molecule has 2 heterocycles. The first-order chi connectivity index (χ1) is 9.11. The van der Waals surface area contributed by atoms with Gasteiger partial charge in [0.1, 0.15) is 5.69 Å². The van der Waals surface area contributed by atoms with Crippen LogP contribution in [0.15, 0.2) is 12.3 Å². The first-order valence-corrected chi connectivity index (χ1v) is 6.66. The van der Waals surface area contributed by atoms with E-state index in [1.807, 2.05) is 0 Å². The fourth-order valence-electron chi connectivity index (χ4n) is 2.55. The summed E-state index contributed by atoms with van der Waals surface area (Å²) in [6, 6.07) is 1.84. The first kappa shape index (κ1) is 13.9. The SMILES string of the molecule is CN1CCC(N(CCO)C(=O)c2cc(N)c[nH]2)CC1. The Morgan fingerprint density at radius 3 is 2.79 bits per heavy atom. The Morgan fingerprint density at radius 2 is 2.26 bits per heavy atom. The maximum atomic E-state index is 12.4. The highest BCUT2D eigenvalue weighted by molar-refractivity contribution is 5.93. The molecule has 19 heavy (non-hydrogen) atoms. The lowest BCUT2D eigenvalue weighted by Gasteiger charge is -2.36. The van der Waals surface area contributed by atoms with Crippen LogP contribution in [0.2, 0.25) is 0 Å². The van der Waals surface area contributed by atoms with Crippen molar-refractivity contribution in [2.24, 2.45) is 0 Å². The second kappa shape index (κ2) is 6.08. The molecule has 1 aromatic rings. The number of hydrogen-bond donors (Lipinski definition) is 3. The van der Waals surface area contributed by atoms with Crippen molar-refractivity contribution in [3.8, 4) is 0 Å². The highest BCUT2D eigenvalue weighted by atomic mass is 16.3. The van der Waals surface area contributed by atoms with Gasteiger partial charge >= 0.3 is 0 Å². The zero-order valence-electron chi connectivity index (χ0n) is 11.3. The van der Waals surface area contributed by atoms with Crippen molar-refractivity contribution in [2.45, 2.75) is 18.9 Å². The van der Waals surface area contributed by atoms with Crippen molar-refractivity contribution in [3.63, 3.8) is 0 Å². The monoisotopic (exact) mass is 266 g/mol. The number of aromatic amines is 1. The maximum absolute atomic E-state index is 12.4. The van der Waals surface area contributed by atoms with Gasteiger partial charge in [0, 0.05) is 24.5 Å². The van der Waals surface area contributed by atoms with Crippen LogP contribution in [-0.2, 0) is 0 Å². The molecular formula is C13H22N4O2. The summed E-state index contributed by atoms with van der Waals surface area (Å²) in [5.41, 5.74) is 6.67. The molecule has 0 radical (unpaired) electrons. The smallest absolute Gasteiger partial charge is 0.270 e. The molecule has 2 rings (SSSR count). The highest BCUT2D eigenvalue weighted by Crippen LogP contribution is 2.18. The van der Waals surface area contributed by atoms with Gasteiger partial charge in [0.15, 0.2) is 0 Å². The van der Waals surface area contributed by atoms with E-state index in [0.29, 0.717) is 17.9 Å². The molecule has 1 aliphatic rings. The van der Waals surface area contributed by atoms with Crippen LogP contribution >= 0.6 is 0 Å². The topological polar surface area (TPSA) is 85.6 Å². The fourth-order valence-corrected chi connectivity index (χ4v) is 2.55. The molecule has 0 spiro atoms. The molecule has 0 unspecified atom stereocenters. The Hall–Kier alpha value is -1.53. The molecule has 1 aromatic heterocycles. The molecule has 1 saturated heterocycles. The number of hydrogen-bond acceptors (Lipinski definition) is 4. The molecular weight excluding hydrogens is 244 g/mol. The lowest BCUT2D eigenvalue weighted by molar-refractivity contribution is 0.0535. The maximum Gasteiger partial charge on any atom is 0.270 e. The fraction of sp³-hybridized carbons (Fsp3) is 0.615. The minimum absolute atomic E-state index is 0.0196. The minimum Gasteiger partial charge on any atom is -0.397 e. The number of piperidine rings is 1. The summed E-state index contributed by atoms with van der Waals surface area (Å²) in [4.78, 5) is 19.3. The van der Waals surface area contributed by atoms with Crippen molar-refractivity contribution < 1.29 is 9.90 Å². The minimum atomic E-state index is -0.0831. The molecule has 4 N–H and O–H groups in total. The average molecular weight is 266 g/mol. The Kier molecular flexibility index (Phi) is 4.44. The van der Waals surface area contributed by atoms with Crippen LogP contribution in [0.5, 0.6) is 0 Å². The highest BCUT2D eigenvalue weighted by Gasteiger charge is 2.27. The van der Waals surface area contributed by atoms with Crippen LogP contribution in [-0.4, -0.2) is 65.1 Å². The summed E-state index contributed by atoms with van der Waals surface area (Å²) in [6.45, 7) is 2.31. The lowest BCUT2D eigenvalue weighted by atomic mass is 10.0. The van der Waals surface area contributed by atoms with Crippen LogP contribution in [0.4, 0.5) is 5.69 Å². The number of aliphatic hydroxyl groups is 1. The summed E-state index contributed by atoms with van der Waals surface area (Å²) in [7, 11) is 2.08. The average Bonchev–Trinajstić information content (AvgIpc) is 2.83. The predicted octanol–water partition coefficient (Wildman–Crippen LogP) is 0.126. The van der Waals surface area contributed by atoms with Crippen molar-refractivity contribution in [2.75, 3.05) is 39.0 Å². The second-order valence-electron chi connectivity index (χ2n) is 5.10. The third kappa shape index (κ3) is 3.27. The summed E-state index contributed by atoms with van der Waals surface area (Å²) >= 11 is 0. The lowest BCUT2D eigenvalue weighted by Crippen LogP contribution is -2.47. The van der Waals surface area contributed by atoms with E-state index < -0.39 is 0 Å². The van der Waals surface area contributed by atoms with E-state index in [9.17, 15) is 9.90 Å². The molecule has 0 aromatic carbocycles. The predicted molar refractivity (Wildman–Crippen MR) is 73.8 cm³/mol. The summed E-state index contributed by atoms with van der Waals surface area (Å²) < 4.78 is 0. The van der Waals surface area contributed by atoms with Gasteiger partial charge in [-0.3, -0.25) is 4.79 Å². The Morgan fingerprint density at radius 1 is 1.58 bits per heavy atom. The van der Waals surface area contributed by atoms with Gasteiger partial charge in [-0.1, -0.05) is 0 Å². The van der Waals surface area contributed by atoms with Gasteiger partial charge in [-0.15, -0.1) is 0 Å². The van der Waals surface area contributed by atoms with Crippen molar-refractivity contribution in [1.82, 2.24) is 14.8 Å². The quantitative estimate of drug-likeness (QED) is 0.723. The number of nitrogens with one attached hydrogen (secondary N) is 1. The number of H-pyrrole nitrogens is 1. The molecule has 0 saturated carbocycles. The van der Waals surface area contributed by atoms with Crippen LogP contribution < -0.4 is 5.73 Å². The number of rotatable bonds is 4. The van der Waals surface area contributed by atoms with E-state index >= 15 is 0 Å². The van der Waals surface area contributed by atoms with Crippen LogP contribution in [0.3, 0.4) is 0 Å². The van der Waals surface area contributed by atoms with E-state index in [-0.39, 0.29) is 18.6 Å². The number of anilines is 1. The molecule has 6 nitrogen and oxygen atoms in total. The van der Waals surface area contributed by atoms with E-state index in [0.717, 1.165) is 25.9 Å². The van der Waals surface area contributed by atoms with Gasteiger partial charge in [-0.2, -0.15) is 0 Å². The number of aromatic nitrogens is 1. The number of carbonyl (C=O) groups is 1. The van der Waals surface area contributed by atoms with Crippen molar-refractivity contribution in [1.29, 1.82) is 0 Å². The molecule has 1 fully saturated rings. The number of amides is 1. The van der Waals surface area contributed by atoms with Crippen LogP contribution in [0, 0.1) is 0 Å². The van der Waals surface area contributed by atoms with Crippen molar-refractivity contribution >= 4 is 11.6 Å². The molecule has 0 aliphatic carbocycles. The first-order valence-electron chi connectivity index (χ1n) is 6.66. The second-order valence-corrected chi connectivity index (χ2v) is 5.10. The molecule has 106 valence electrons. The van der Waals surface area contributed by atoms with Gasteiger partial charge in [-0.25, -0.2) is 0 Å². The zero-order chi connectivity index (χ0) is 13.8.